The Balaban J connectivity index is 2.17. The van der Waals surface area contributed by atoms with Crippen molar-refractivity contribution < 1.29 is 13.5 Å². The summed E-state index contributed by atoms with van der Waals surface area (Å²) >= 11 is 0. The number of nitrogens with zero attached hydrogens (tertiary/aromatic N) is 2. The minimum absolute atomic E-state index is 0.0607. The summed E-state index contributed by atoms with van der Waals surface area (Å²) in [5, 5.41) is 9.28. The van der Waals surface area contributed by atoms with Crippen LogP contribution in [0.1, 0.15) is 31.2 Å². The Morgan fingerprint density at radius 1 is 1.22 bits per heavy atom. The molecule has 0 spiro atoms. The second kappa shape index (κ2) is 7.72. The van der Waals surface area contributed by atoms with Gasteiger partial charge in [0.1, 0.15) is 5.82 Å². The fourth-order valence-electron chi connectivity index (χ4n) is 2.24. The van der Waals surface area contributed by atoms with Gasteiger partial charge >= 0.3 is 0 Å². The van der Waals surface area contributed by atoms with Gasteiger partial charge < -0.3 is 10.1 Å². The minimum Gasteiger partial charge on any atom is -0.395 e. The van der Waals surface area contributed by atoms with E-state index in [0.29, 0.717) is 18.8 Å². The molecule has 2 N–H and O–H groups in total. The van der Waals surface area contributed by atoms with E-state index in [9.17, 15) is 13.5 Å². The lowest BCUT2D eigenvalue weighted by Crippen LogP contribution is -2.35. The van der Waals surface area contributed by atoms with Crippen molar-refractivity contribution in [2.75, 3.05) is 19.7 Å². The predicted molar refractivity (Wildman–Crippen MR) is 88.7 cm³/mol. The highest BCUT2D eigenvalue weighted by molar-refractivity contribution is 7.89. The van der Waals surface area contributed by atoms with Crippen molar-refractivity contribution in [3.63, 3.8) is 0 Å². The maximum atomic E-state index is 12.7. The van der Waals surface area contributed by atoms with Crippen LogP contribution in [0, 0.1) is 0 Å². The standard InChI is InChI=1S/C16H23N3O3S/c1-13(2)16-17-12-15(18-16)23(21,22)19(10-11-20)9-8-14-6-4-3-5-7-14/h3-7,12-13,20H,8-11H2,1-2H3,(H,17,18). The van der Waals surface area contributed by atoms with E-state index in [1.165, 1.54) is 10.5 Å². The molecule has 0 aliphatic heterocycles. The third-order valence-corrected chi connectivity index (χ3v) is 5.39. The van der Waals surface area contributed by atoms with Gasteiger partial charge in [-0.2, -0.15) is 4.31 Å². The van der Waals surface area contributed by atoms with Crippen molar-refractivity contribution in [3.05, 3.63) is 47.9 Å². The van der Waals surface area contributed by atoms with Crippen LogP contribution in [0.4, 0.5) is 0 Å². The SMILES string of the molecule is CC(C)c1ncc(S(=O)(=O)N(CCO)CCc2ccccc2)[nH]1. The minimum atomic E-state index is -3.69. The first kappa shape index (κ1) is 17.7. The highest BCUT2D eigenvalue weighted by atomic mass is 32.2. The number of rotatable bonds is 8. The first-order valence-corrected chi connectivity index (χ1v) is 9.09. The molecule has 7 heteroatoms. The van der Waals surface area contributed by atoms with Gasteiger partial charge in [0.05, 0.1) is 12.8 Å². The van der Waals surface area contributed by atoms with Crippen LogP contribution in [-0.4, -0.2) is 47.5 Å². The molecule has 0 radical (unpaired) electrons. The summed E-state index contributed by atoms with van der Waals surface area (Å²) < 4.78 is 26.7. The molecular formula is C16H23N3O3S. The fourth-order valence-corrected chi connectivity index (χ4v) is 3.60. The van der Waals surface area contributed by atoms with Crippen molar-refractivity contribution in [3.8, 4) is 0 Å². The number of H-pyrrole nitrogens is 1. The zero-order chi connectivity index (χ0) is 16.9. The number of aliphatic hydroxyl groups is 1. The van der Waals surface area contributed by atoms with E-state index in [4.69, 9.17) is 0 Å². The number of sulfonamides is 1. The Morgan fingerprint density at radius 2 is 1.91 bits per heavy atom. The Bertz CT molecular complexity index is 711. The lowest BCUT2D eigenvalue weighted by atomic mass is 10.1. The number of aliphatic hydroxyl groups excluding tert-OH is 1. The van der Waals surface area contributed by atoms with Crippen LogP contribution in [0.5, 0.6) is 0 Å². The average Bonchev–Trinajstić information content (AvgIpc) is 3.03. The largest absolute Gasteiger partial charge is 0.395 e. The molecule has 0 amide bonds. The van der Waals surface area contributed by atoms with Gasteiger partial charge in [-0.15, -0.1) is 0 Å². The number of benzene rings is 1. The second-order valence-electron chi connectivity index (χ2n) is 5.65. The summed E-state index contributed by atoms with van der Waals surface area (Å²) in [6.45, 7) is 4.03. The molecule has 1 aromatic heterocycles. The number of aromatic nitrogens is 2. The van der Waals surface area contributed by atoms with Crippen LogP contribution in [0.15, 0.2) is 41.6 Å². The van der Waals surface area contributed by atoms with Gasteiger partial charge in [0.2, 0.25) is 0 Å². The number of aromatic amines is 1. The van der Waals surface area contributed by atoms with Gasteiger partial charge in [-0.25, -0.2) is 13.4 Å². The second-order valence-corrected chi connectivity index (χ2v) is 7.56. The molecule has 126 valence electrons. The molecular weight excluding hydrogens is 314 g/mol. The molecule has 0 aliphatic carbocycles. The molecule has 2 rings (SSSR count). The molecule has 0 saturated heterocycles. The maximum absolute atomic E-state index is 12.7. The van der Waals surface area contributed by atoms with Crippen molar-refractivity contribution in [2.24, 2.45) is 0 Å². The number of hydrogen-bond donors (Lipinski definition) is 2. The van der Waals surface area contributed by atoms with Gasteiger partial charge in [0, 0.05) is 19.0 Å². The lowest BCUT2D eigenvalue weighted by Gasteiger charge is -2.20. The smallest absolute Gasteiger partial charge is 0.260 e. The van der Waals surface area contributed by atoms with Gasteiger partial charge in [-0.3, -0.25) is 0 Å². The zero-order valence-corrected chi connectivity index (χ0v) is 14.3. The van der Waals surface area contributed by atoms with E-state index < -0.39 is 10.0 Å². The van der Waals surface area contributed by atoms with E-state index in [-0.39, 0.29) is 24.1 Å². The lowest BCUT2D eigenvalue weighted by molar-refractivity contribution is 0.254. The number of hydrogen-bond acceptors (Lipinski definition) is 4. The van der Waals surface area contributed by atoms with Crippen molar-refractivity contribution in [2.45, 2.75) is 31.2 Å². The molecule has 2 aromatic rings. The van der Waals surface area contributed by atoms with Crippen molar-refractivity contribution in [1.29, 1.82) is 0 Å². The van der Waals surface area contributed by atoms with Gasteiger partial charge in [-0.05, 0) is 12.0 Å². The summed E-state index contributed by atoms with van der Waals surface area (Å²) in [7, 11) is -3.69. The maximum Gasteiger partial charge on any atom is 0.260 e. The third kappa shape index (κ3) is 4.40. The first-order chi connectivity index (χ1) is 10.9. The Hall–Kier alpha value is -1.70. The third-order valence-electron chi connectivity index (χ3n) is 3.58. The van der Waals surface area contributed by atoms with E-state index in [0.717, 1.165) is 5.56 Å². The quantitative estimate of drug-likeness (QED) is 0.768. The van der Waals surface area contributed by atoms with Crippen LogP contribution in [-0.2, 0) is 16.4 Å². The zero-order valence-electron chi connectivity index (χ0n) is 13.4. The molecule has 23 heavy (non-hydrogen) atoms. The normalized spacial score (nSPS) is 12.2. The summed E-state index contributed by atoms with van der Waals surface area (Å²) in [6.07, 6.45) is 1.93. The summed E-state index contributed by atoms with van der Waals surface area (Å²) in [5.74, 6) is 0.755. The molecule has 0 saturated carbocycles. The highest BCUT2D eigenvalue weighted by Crippen LogP contribution is 2.17. The van der Waals surface area contributed by atoms with Crippen molar-refractivity contribution in [1.82, 2.24) is 14.3 Å². The summed E-state index contributed by atoms with van der Waals surface area (Å²) in [6, 6.07) is 9.67. The Morgan fingerprint density at radius 3 is 2.48 bits per heavy atom. The first-order valence-electron chi connectivity index (χ1n) is 7.65. The molecule has 0 fully saturated rings. The number of imidazole rings is 1. The fraction of sp³-hybridized carbons (Fsp3) is 0.438. The Labute approximate surface area is 137 Å². The predicted octanol–water partition coefficient (Wildman–Crippen LogP) is 1.76. The van der Waals surface area contributed by atoms with E-state index in [1.54, 1.807) is 0 Å². The molecule has 0 bridgehead atoms. The van der Waals surface area contributed by atoms with Crippen molar-refractivity contribution >= 4 is 10.0 Å². The summed E-state index contributed by atoms with van der Waals surface area (Å²) in [5.41, 5.74) is 1.05. The molecule has 0 aliphatic rings. The molecule has 0 atom stereocenters. The van der Waals surface area contributed by atoms with Crippen LogP contribution < -0.4 is 0 Å². The number of nitrogens with one attached hydrogen (secondary N) is 1. The highest BCUT2D eigenvalue weighted by Gasteiger charge is 2.26. The molecule has 1 heterocycles. The van der Waals surface area contributed by atoms with Gasteiger partial charge in [-0.1, -0.05) is 44.2 Å². The monoisotopic (exact) mass is 337 g/mol. The summed E-state index contributed by atoms with van der Waals surface area (Å²) in [4.78, 5) is 6.99. The Kier molecular flexibility index (Phi) is 5.92. The van der Waals surface area contributed by atoms with Crippen LogP contribution in [0.2, 0.25) is 0 Å². The van der Waals surface area contributed by atoms with Crippen LogP contribution in [0.25, 0.3) is 0 Å². The van der Waals surface area contributed by atoms with Gasteiger partial charge in [0.25, 0.3) is 10.0 Å². The average molecular weight is 337 g/mol. The van der Waals surface area contributed by atoms with Crippen LogP contribution in [0.3, 0.4) is 0 Å². The van der Waals surface area contributed by atoms with E-state index in [2.05, 4.69) is 9.97 Å². The van der Waals surface area contributed by atoms with Crippen LogP contribution >= 0.6 is 0 Å². The van der Waals surface area contributed by atoms with E-state index in [1.807, 2.05) is 44.2 Å². The van der Waals surface area contributed by atoms with Gasteiger partial charge in [0.15, 0.2) is 5.03 Å². The molecule has 0 unspecified atom stereocenters. The molecule has 1 aromatic carbocycles. The topological polar surface area (TPSA) is 86.3 Å². The molecule has 6 nitrogen and oxygen atoms in total. The van der Waals surface area contributed by atoms with E-state index >= 15 is 0 Å².